The molecule has 0 spiro atoms. The van der Waals surface area contributed by atoms with Crippen molar-refractivity contribution in [2.45, 2.75) is 25.9 Å². The van der Waals surface area contributed by atoms with Crippen LogP contribution in [-0.2, 0) is 13.0 Å². The summed E-state index contributed by atoms with van der Waals surface area (Å²) in [6.45, 7) is 3.37. The van der Waals surface area contributed by atoms with Gasteiger partial charge in [-0.25, -0.2) is 4.79 Å². The Morgan fingerprint density at radius 3 is 2.59 bits per heavy atom. The maximum Gasteiger partial charge on any atom is 0.318 e. The van der Waals surface area contributed by atoms with Crippen LogP contribution in [0.15, 0.2) is 48.5 Å². The fourth-order valence-electron chi connectivity index (χ4n) is 2.85. The van der Waals surface area contributed by atoms with Gasteiger partial charge in [-0.1, -0.05) is 54.1 Å². The number of halogens is 1. The van der Waals surface area contributed by atoms with Crippen molar-refractivity contribution in [2.75, 3.05) is 6.54 Å². The van der Waals surface area contributed by atoms with Gasteiger partial charge in [0.1, 0.15) is 0 Å². The number of hydrogen-bond acceptors (Lipinski definition) is 1. The molecule has 2 amide bonds. The van der Waals surface area contributed by atoms with Crippen molar-refractivity contribution in [1.29, 1.82) is 0 Å². The topological polar surface area (TPSA) is 32.3 Å². The van der Waals surface area contributed by atoms with Gasteiger partial charge >= 0.3 is 6.03 Å². The molecule has 0 fully saturated rings. The van der Waals surface area contributed by atoms with Crippen LogP contribution in [0, 0.1) is 0 Å². The first kappa shape index (κ1) is 14.9. The smallest absolute Gasteiger partial charge is 0.318 e. The Morgan fingerprint density at radius 1 is 1.14 bits per heavy atom. The predicted molar refractivity (Wildman–Crippen MR) is 89.0 cm³/mol. The Kier molecular flexibility index (Phi) is 4.34. The van der Waals surface area contributed by atoms with Gasteiger partial charge in [0.2, 0.25) is 0 Å². The van der Waals surface area contributed by atoms with Crippen molar-refractivity contribution in [3.05, 3.63) is 70.2 Å². The van der Waals surface area contributed by atoms with Gasteiger partial charge in [0, 0.05) is 18.1 Å². The van der Waals surface area contributed by atoms with E-state index in [2.05, 4.69) is 17.4 Å². The van der Waals surface area contributed by atoms with Crippen molar-refractivity contribution in [1.82, 2.24) is 10.2 Å². The molecular formula is C18H19ClN2O. The van der Waals surface area contributed by atoms with Crippen LogP contribution >= 0.6 is 11.6 Å². The fraction of sp³-hybridized carbons (Fsp3) is 0.278. The van der Waals surface area contributed by atoms with E-state index in [0.717, 1.165) is 18.5 Å². The molecule has 0 aliphatic carbocycles. The number of fused-ring (bicyclic) bond motifs is 1. The summed E-state index contributed by atoms with van der Waals surface area (Å²) in [6, 6.07) is 15.8. The van der Waals surface area contributed by atoms with E-state index in [0.29, 0.717) is 11.6 Å². The molecular weight excluding hydrogens is 296 g/mol. The lowest BCUT2D eigenvalue weighted by atomic mass is 10.0. The SMILES string of the molecule is CC(NC(=O)N1CCc2ccccc2C1)c1ccccc1Cl. The quantitative estimate of drug-likeness (QED) is 0.886. The number of rotatable bonds is 2. The zero-order valence-corrected chi connectivity index (χ0v) is 13.3. The van der Waals surface area contributed by atoms with Gasteiger partial charge in [0.25, 0.3) is 0 Å². The molecule has 0 bridgehead atoms. The Balaban J connectivity index is 1.67. The molecule has 0 radical (unpaired) electrons. The monoisotopic (exact) mass is 314 g/mol. The van der Waals surface area contributed by atoms with Gasteiger partial charge < -0.3 is 10.2 Å². The number of nitrogens with one attached hydrogen (secondary N) is 1. The highest BCUT2D eigenvalue weighted by Crippen LogP contribution is 2.23. The predicted octanol–water partition coefficient (Wildman–Crippen LogP) is 4.17. The van der Waals surface area contributed by atoms with Crippen LogP contribution in [0.4, 0.5) is 4.79 Å². The van der Waals surface area contributed by atoms with E-state index in [4.69, 9.17) is 11.6 Å². The highest BCUT2D eigenvalue weighted by Gasteiger charge is 2.22. The van der Waals surface area contributed by atoms with Crippen molar-refractivity contribution >= 4 is 17.6 Å². The van der Waals surface area contributed by atoms with Crippen LogP contribution in [0.5, 0.6) is 0 Å². The van der Waals surface area contributed by atoms with Crippen LogP contribution < -0.4 is 5.32 Å². The van der Waals surface area contributed by atoms with Gasteiger partial charge in [-0.05, 0) is 36.1 Å². The van der Waals surface area contributed by atoms with Crippen LogP contribution in [0.1, 0.15) is 29.7 Å². The van der Waals surface area contributed by atoms with Gasteiger partial charge in [-0.15, -0.1) is 0 Å². The highest BCUT2D eigenvalue weighted by molar-refractivity contribution is 6.31. The van der Waals surface area contributed by atoms with E-state index in [1.165, 1.54) is 11.1 Å². The first-order chi connectivity index (χ1) is 10.6. The molecule has 1 atom stereocenters. The van der Waals surface area contributed by atoms with Crippen LogP contribution in [0.3, 0.4) is 0 Å². The van der Waals surface area contributed by atoms with E-state index in [-0.39, 0.29) is 12.1 Å². The summed E-state index contributed by atoms with van der Waals surface area (Å²) < 4.78 is 0. The number of nitrogens with zero attached hydrogens (tertiary/aromatic N) is 1. The highest BCUT2D eigenvalue weighted by atomic mass is 35.5. The average Bonchev–Trinajstić information content (AvgIpc) is 2.54. The molecule has 2 aromatic rings. The average molecular weight is 315 g/mol. The number of carbonyl (C=O) groups excluding carboxylic acids is 1. The molecule has 1 N–H and O–H groups in total. The van der Waals surface area contributed by atoms with E-state index >= 15 is 0 Å². The Bertz CT molecular complexity index is 686. The summed E-state index contributed by atoms with van der Waals surface area (Å²) in [5.41, 5.74) is 3.51. The first-order valence-electron chi connectivity index (χ1n) is 7.52. The lowest BCUT2D eigenvalue weighted by Gasteiger charge is -2.30. The molecule has 1 heterocycles. The van der Waals surface area contributed by atoms with Crippen LogP contribution in [0.2, 0.25) is 5.02 Å². The third kappa shape index (κ3) is 3.09. The molecule has 22 heavy (non-hydrogen) atoms. The van der Waals surface area contributed by atoms with E-state index in [1.807, 2.05) is 48.2 Å². The molecule has 1 aliphatic rings. The first-order valence-corrected chi connectivity index (χ1v) is 7.89. The minimum atomic E-state index is -0.113. The van der Waals surface area contributed by atoms with Crippen LogP contribution in [0.25, 0.3) is 0 Å². The fourth-order valence-corrected chi connectivity index (χ4v) is 3.15. The molecule has 3 rings (SSSR count). The molecule has 1 unspecified atom stereocenters. The maximum atomic E-state index is 12.5. The van der Waals surface area contributed by atoms with Crippen molar-refractivity contribution in [3.63, 3.8) is 0 Å². The number of urea groups is 1. The number of hydrogen-bond donors (Lipinski definition) is 1. The van der Waals surface area contributed by atoms with Gasteiger partial charge in [-0.2, -0.15) is 0 Å². The summed E-state index contributed by atoms with van der Waals surface area (Å²) in [5, 5.41) is 3.72. The standard InChI is InChI=1S/C18H19ClN2O/c1-13(16-8-4-5-9-17(16)19)20-18(22)21-11-10-14-6-2-3-7-15(14)12-21/h2-9,13H,10-12H2,1H3,(H,20,22). The molecule has 4 heteroatoms. The Labute approximate surface area is 135 Å². The third-order valence-corrected chi connectivity index (χ3v) is 4.47. The largest absolute Gasteiger partial charge is 0.331 e. The number of amides is 2. The molecule has 114 valence electrons. The Morgan fingerprint density at radius 2 is 1.82 bits per heavy atom. The zero-order valence-electron chi connectivity index (χ0n) is 12.6. The zero-order chi connectivity index (χ0) is 15.5. The van der Waals surface area contributed by atoms with E-state index in [9.17, 15) is 4.79 Å². The second-order valence-electron chi connectivity index (χ2n) is 5.63. The van der Waals surface area contributed by atoms with Crippen LogP contribution in [-0.4, -0.2) is 17.5 Å². The Hall–Kier alpha value is -2.00. The normalized spacial score (nSPS) is 15.1. The summed E-state index contributed by atoms with van der Waals surface area (Å²) in [6.07, 6.45) is 0.907. The minimum absolute atomic E-state index is 0.0399. The minimum Gasteiger partial charge on any atom is -0.331 e. The molecule has 0 saturated heterocycles. The molecule has 1 aliphatic heterocycles. The van der Waals surface area contributed by atoms with E-state index in [1.54, 1.807) is 0 Å². The summed E-state index contributed by atoms with van der Waals surface area (Å²) in [4.78, 5) is 14.3. The number of carbonyl (C=O) groups is 1. The summed E-state index contributed by atoms with van der Waals surface area (Å²) >= 11 is 6.19. The molecule has 3 nitrogen and oxygen atoms in total. The lowest BCUT2D eigenvalue weighted by molar-refractivity contribution is 0.189. The van der Waals surface area contributed by atoms with Gasteiger partial charge in [-0.3, -0.25) is 0 Å². The maximum absolute atomic E-state index is 12.5. The molecule has 2 aromatic carbocycles. The second kappa shape index (κ2) is 6.41. The molecule has 0 saturated carbocycles. The third-order valence-electron chi connectivity index (χ3n) is 4.13. The second-order valence-corrected chi connectivity index (χ2v) is 6.04. The van der Waals surface area contributed by atoms with Gasteiger partial charge in [0.15, 0.2) is 0 Å². The van der Waals surface area contributed by atoms with E-state index < -0.39 is 0 Å². The number of benzene rings is 2. The molecule has 0 aromatic heterocycles. The summed E-state index contributed by atoms with van der Waals surface area (Å²) in [7, 11) is 0. The lowest BCUT2D eigenvalue weighted by Crippen LogP contribution is -2.43. The van der Waals surface area contributed by atoms with Crippen molar-refractivity contribution in [2.24, 2.45) is 0 Å². The van der Waals surface area contributed by atoms with Crippen molar-refractivity contribution in [3.8, 4) is 0 Å². The van der Waals surface area contributed by atoms with Crippen molar-refractivity contribution < 1.29 is 4.79 Å². The summed E-state index contributed by atoms with van der Waals surface area (Å²) in [5.74, 6) is 0. The van der Waals surface area contributed by atoms with Gasteiger partial charge in [0.05, 0.1) is 6.04 Å².